The zero-order valence-corrected chi connectivity index (χ0v) is 16.9. The zero-order valence-electron chi connectivity index (χ0n) is 16.1. The molecule has 0 saturated heterocycles. The summed E-state index contributed by atoms with van der Waals surface area (Å²) in [5.74, 6) is -0.649. The molecule has 4 aromatic rings. The van der Waals surface area contributed by atoms with E-state index < -0.39 is 17.9 Å². The smallest absolute Gasteiger partial charge is 0.348 e. The van der Waals surface area contributed by atoms with Crippen LogP contribution in [0.3, 0.4) is 0 Å². The van der Waals surface area contributed by atoms with Crippen LogP contribution in [0.5, 0.6) is 17.4 Å². The first-order chi connectivity index (χ1) is 15.5. The maximum atomic E-state index is 13.0. The lowest BCUT2D eigenvalue weighted by Gasteiger charge is -2.29. The van der Waals surface area contributed by atoms with Gasteiger partial charge in [-0.1, -0.05) is 18.2 Å². The van der Waals surface area contributed by atoms with Gasteiger partial charge in [0.15, 0.2) is 0 Å². The van der Waals surface area contributed by atoms with Crippen molar-refractivity contribution in [2.24, 2.45) is 0 Å². The topological polar surface area (TPSA) is 136 Å². The summed E-state index contributed by atoms with van der Waals surface area (Å²) >= 11 is 0.806. The number of benzene rings is 2. The van der Waals surface area contributed by atoms with Crippen LogP contribution in [0, 0.1) is 11.3 Å². The first-order valence-corrected chi connectivity index (χ1v) is 10.1. The Morgan fingerprint density at radius 2 is 1.81 bits per heavy atom. The number of urea groups is 1. The predicted octanol–water partition coefficient (Wildman–Crippen LogP) is 5.05. The fraction of sp³-hybridized carbons (Fsp3) is 0. The highest BCUT2D eigenvalue weighted by Crippen LogP contribution is 2.49. The van der Waals surface area contributed by atoms with Crippen molar-refractivity contribution in [2.45, 2.75) is 0 Å². The number of carbonyl (C=O) groups is 2. The number of anilines is 3. The first-order valence-electron chi connectivity index (χ1n) is 9.25. The molecular weight excluding hydrogens is 432 g/mol. The Labute approximate surface area is 184 Å². The summed E-state index contributed by atoms with van der Waals surface area (Å²) < 4.78 is 5.77. The lowest BCUT2D eigenvalue weighted by atomic mass is 10.1. The van der Waals surface area contributed by atoms with Gasteiger partial charge in [-0.15, -0.1) is 11.3 Å². The lowest BCUT2D eigenvalue weighted by molar-refractivity contribution is 0.0703. The maximum absolute atomic E-state index is 13.0. The van der Waals surface area contributed by atoms with Crippen LogP contribution in [0.15, 0.2) is 54.6 Å². The number of carbonyl (C=O) groups excluding carboxylic acids is 1. The molecule has 1 aliphatic rings. The maximum Gasteiger partial charge on any atom is 0.348 e. The van der Waals surface area contributed by atoms with Crippen LogP contribution in [-0.2, 0) is 0 Å². The number of pyridine rings is 1. The van der Waals surface area contributed by atoms with E-state index in [2.05, 4.69) is 10.3 Å². The largest absolute Gasteiger partial charge is 0.492 e. The molecule has 1 aliphatic heterocycles. The quantitative estimate of drug-likeness (QED) is 0.401. The molecule has 3 heterocycles. The van der Waals surface area contributed by atoms with E-state index in [1.54, 1.807) is 36.4 Å². The van der Waals surface area contributed by atoms with Crippen LogP contribution >= 0.6 is 11.3 Å². The lowest BCUT2D eigenvalue weighted by Crippen LogP contribution is -2.34. The van der Waals surface area contributed by atoms with Gasteiger partial charge in [0, 0.05) is 0 Å². The summed E-state index contributed by atoms with van der Waals surface area (Å²) in [6, 6.07) is 16.9. The number of rotatable bonds is 4. The number of aromatic carboxylic acids is 1. The minimum Gasteiger partial charge on any atom is -0.492 e. The fourth-order valence-corrected chi connectivity index (χ4v) is 4.46. The Hall–Kier alpha value is -4.62. The molecule has 0 saturated carbocycles. The van der Waals surface area contributed by atoms with Gasteiger partial charge in [-0.2, -0.15) is 5.26 Å². The van der Waals surface area contributed by atoms with Crippen LogP contribution in [0.4, 0.5) is 21.9 Å². The Balaban J connectivity index is 1.64. The average molecular weight is 444 g/mol. The molecule has 0 bridgehead atoms. The molecule has 0 spiro atoms. The van der Waals surface area contributed by atoms with Gasteiger partial charge in [0.05, 0.1) is 22.4 Å². The monoisotopic (exact) mass is 444 g/mol. The Morgan fingerprint density at radius 1 is 1.12 bits per heavy atom. The summed E-state index contributed by atoms with van der Waals surface area (Å²) in [4.78, 5) is 29.9. The van der Waals surface area contributed by atoms with Gasteiger partial charge in [0.1, 0.15) is 32.8 Å². The number of aromatic hydroxyl groups is 1. The highest BCUT2D eigenvalue weighted by molar-refractivity contribution is 7.21. The van der Waals surface area contributed by atoms with E-state index in [1.807, 2.05) is 24.3 Å². The molecular formula is C22H12N4O5S. The summed E-state index contributed by atoms with van der Waals surface area (Å²) in [6.45, 7) is 0. The van der Waals surface area contributed by atoms with Crippen LogP contribution in [-0.4, -0.2) is 27.2 Å². The van der Waals surface area contributed by atoms with Crippen molar-refractivity contribution in [3.63, 3.8) is 0 Å². The highest BCUT2D eigenvalue weighted by atomic mass is 32.1. The molecule has 0 unspecified atom stereocenters. The number of carboxylic acids is 1. The van der Waals surface area contributed by atoms with Crippen molar-refractivity contribution in [1.29, 1.82) is 5.26 Å². The van der Waals surface area contributed by atoms with Gasteiger partial charge in [0.2, 0.25) is 5.88 Å². The number of para-hydroxylation sites is 1. The second-order valence-corrected chi connectivity index (χ2v) is 7.74. The number of carboxylic acid groups (broad SMARTS) is 1. The second-order valence-electron chi connectivity index (χ2n) is 6.74. The summed E-state index contributed by atoms with van der Waals surface area (Å²) in [7, 11) is 0. The molecule has 2 amide bonds. The normalized spacial score (nSPS) is 12.3. The SMILES string of the molecule is N#Cc1c(O)nc2sc(C(=O)O)c3c2c1N(c1ccc(Oc2ccccc2)cc1)C(=O)N3. The van der Waals surface area contributed by atoms with E-state index >= 15 is 0 Å². The van der Waals surface area contributed by atoms with E-state index in [-0.39, 0.29) is 32.0 Å². The second kappa shape index (κ2) is 7.26. The van der Waals surface area contributed by atoms with Crippen molar-refractivity contribution in [2.75, 3.05) is 10.2 Å². The highest BCUT2D eigenvalue weighted by Gasteiger charge is 2.36. The van der Waals surface area contributed by atoms with Crippen molar-refractivity contribution < 1.29 is 24.5 Å². The zero-order chi connectivity index (χ0) is 22.4. The van der Waals surface area contributed by atoms with Crippen LogP contribution in [0.2, 0.25) is 0 Å². The molecule has 2 aromatic heterocycles. The Morgan fingerprint density at radius 3 is 2.47 bits per heavy atom. The minimum absolute atomic E-state index is 0.0572. The van der Waals surface area contributed by atoms with Gasteiger partial charge in [-0.05, 0) is 36.4 Å². The van der Waals surface area contributed by atoms with Gasteiger partial charge in [-0.3, -0.25) is 4.90 Å². The first kappa shape index (κ1) is 19.3. The van der Waals surface area contributed by atoms with E-state index in [4.69, 9.17) is 4.74 Å². The van der Waals surface area contributed by atoms with E-state index in [1.165, 1.54) is 4.90 Å². The molecule has 3 N–H and O–H groups in total. The number of hydrogen-bond donors (Lipinski definition) is 3. The van der Waals surface area contributed by atoms with Crippen molar-refractivity contribution in [1.82, 2.24) is 4.98 Å². The fourth-order valence-electron chi connectivity index (χ4n) is 3.50. The van der Waals surface area contributed by atoms with Gasteiger partial charge in [0.25, 0.3) is 0 Å². The van der Waals surface area contributed by atoms with Crippen LogP contribution < -0.4 is 15.0 Å². The Bertz CT molecular complexity index is 1440. The number of aromatic nitrogens is 1. The molecule has 32 heavy (non-hydrogen) atoms. The summed E-state index contributed by atoms with van der Waals surface area (Å²) in [5, 5.41) is 32.3. The molecule has 9 nitrogen and oxygen atoms in total. The van der Waals surface area contributed by atoms with Crippen LogP contribution in [0.1, 0.15) is 15.2 Å². The summed E-state index contributed by atoms with van der Waals surface area (Å²) in [6.07, 6.45) is 0. The molecule has 156 valence electrons. The standard InChI is InChI=1S/C22H12N4O5S/c23-10-14-17-15-16(18(21(28)29)32-20(15)25-19(14)27)24-22(30)26(17)11-6-8-13(9-7-11)31-12-4-2-1-3-5-12/h1-9H,(H,24,30)(H,25,27)(H,28,29). The van der Waals surface area contributed by atoms with Crippen LogP contribution in [0.25, 0.3) is 10.2 Å². The molecule has 10 heteroatoms. The van der Waals surface area contributed by atoms with Gasteiger partial charge < -0.3 is 20.3 Å². The number of thiophene rings is 1. The Kier molecular flexibility index (Phi) is 4.39. The molecule has 5 rings (SSSR count). The number of nitrogens with one attached hydrogen (secondary N) is 1. The molecule has 2 aromatic carbocycles. The summed E-state index contributed by atoms with van der Waals surface area (Å²) in [5.41, 5.74) is 0.295. The third kappa shape index (κ3) is 2.96. The van der Waals surface area contributed by atoms with Gasteiger partial charge >= 0.3 is 12.0 Å². The van der Waals surface area contributed by atoms with E-state index in [0.717, 1.165) is 11.3 Å². The number of hydrogen-bond acceptors (Lipinski definition) is 7. The average Bonchev–Trinajstić information content (AvgIpc) is 3.14. The number of nitrogens with zero attached hydrogens (tertiary/aromatic N) is 3. The number of amides is 2. The number of nitriles is 1. The predicted molar refractivity (Wildman–Crippen MR) is 117 cm³/mol. The molecule has 0 atom stereocenters. The van der Waals surface area contributed by atoms with E-state index in [9.17, 15) is 25.1 Å². The van der Waals surface area contributed by atoms with E-state index in [0.29, 0.717) is 17.2 Å². The third-order valence-corrected chi connectivity index (χ3v) is 5.90. The van der Waals surface area contributed by atoms with Crippen molar-refractivity contribution >= 4 is 50.6 Å². The number of ether oxygens (including phenoxy) is 1. The molecule has 0 aliphatic carbocycles. The van der Waals surface area contributed by atoms with Gasteiger partial charge in [-0.25, -0.2) is 14.6 Å². The van der Waals surface area contributed by atoms with Crippen molar-refractivity contribution in [3.05, 3.63) is 65.0 Å². The molecule has 0 fully saturated rings. The van der Waals surface area contributed by atoms with Crippen molar-refractivity contribution in [3.8, 4) is 23.4 Å². The minimum atomic E-state index is -1.25. The third-order valence-electron chi connectivity index (χ3n) is 4.83. The molecule has 0 radical (unpaired) electrons.